The van der Waals surface area contributed by atoms with E-state index in [2.05, 4.69) is 30.5 Å². The largest absolute Gasteiger partial charge is 0.335 e. The predicted molar refractivity (Wildman–Crippen MR) is 70.4 cm³/mol. The van der Waals surface area contributed by atoms with Gasteiger partial charge in [-0.15, -0.1) is 0 Å². The summed E-state index contributed by atoms with van der Waals surface area (Å²) in [5.74, 6) is 0.408. The first-order chi connectivity index (χ1) is 8.08. The fraction of sp³-hybridized carbons (Fsp3) is 0.500. The Bertz CT molecular complexity index is 422. The zero-order chi connectivity index (χ0) is 12.4. The SMILES string of the molecule is Cc1cccc(C(C)C)c1NC(=O)NC1CC1. The summed E-state index contributed by atoms with van der Waals surface area (Å²) < 4.78 is 0. The van der Waals surface area contributed by atoms with E-state index in [9.17, 15) is 4.79 Å². The average molecular weight is 232 g/mol. The fourth-order valence-corrected chi connectivity index (χ4v) is 1.91. The van der Waals surface area contributed by atoms with Crippen LogP contribution in [0.3, 0.4) is 0 Å². The summed E-state index contributed by atoms with van der Waals surface area (Å²) in [4.78, 5) is 11.8. The molecule has 1 saturated carbocycles. The van der Waals surface area contributed by atoms with Gasteiger partial charge in [0.1, 0.15) is 0 Å². The first-order valence-electron chi connectivity index (χ1n) is 6.25. The van der Waals surface area contributed by atoms with E-state index in [4.69, 9.17) is 0 Å². The molecule has 0 saturated heterocycles. The summed E-state index contributed by atoms with van der Waals surface area (Å²) in [7, 11) is 0. The number of benzene rings is 1. The highest BCUT2D eigenvalue weighted by atomic mass is 16.2. The van der Waals surface area contributed by atoms with Crippen LogP contribution in [-0.2, 0) is 0 Å². The Labute approximate surface area is 103 Å². The number of carbonyl (C=O) groups excluding carboxylic acids is 1. The van der Waals surface area contributed by atoms with Crippen LogP contribution >= 0.6 is 0 Å². The molecule has 3 nitrogen and oxygen atoms in total. The van der Waals surface area contributed by atoms with Crippen molar-refractivity contribution in [1.82, 2.24) is 5.32 Å². The highest BCUT2D eigenvalue weighted by Crippen LogP contribution is 2.27. The van der Waals surface area contributed by atoms with Gasteiger partial charge in [0, 0.05) is 11.7 Å². The molecule has 0 spiro atoms. The van der Waals surface area contributed by atoms with Gasteiger partial charge in [-0.05, 0) is 36.8 Å². The molecule has 1 aromatic carbocycles. The van der Waals surface area contributed by atoms with Crippen LogP contribution in [0.15, 0.2) is 18.2 Å². The molecule has 1 aliphatic rings. The predicted octanol–water partition coefficient (Wildman–Crippen LogP) is 3.40. The maximum absolute atomic E-state index is 11.8. The van der Waals surface area contributed by atoms with E-state index in [0.29, 0.717) is 12.0 Å². The summed E-state index contributed by atoms with van der Waals surface area (Å²) in [5, 5.41) is 5.93. The molecule has 0 radical (unpaired) electrons. The molecule has 17 heavy (non-hydrogen) atoms. The van der Waals surface area contributed by atoms with Crippen LogP contribution in [0.1, 0.15) is 43.7 Å². The number of aryl methyl sites for hydroxylation is 1. The van der Waals surface area contributed by atoms with Crippen LogP contribution < -0.4 is 10.6 Å². The molecule has 2 rings (SSSR count). The molecule has 0 aromatic heterocycles. The number of amides is 2. The van der Waals surface area contributed by atoms with Crippen LogP contribution in [-0.4, -0.2) is 12.1 Å². The molecule has 0 heterocycles. The van der Waals surface area contributed by atoms with Crippen molar-refractivity contribution >= 4 is 11.7 Å². The molecule has 2 N–H and O–H groups in total. The number of rotatable bonds is 3. The second kappa shape index (κ2) is 4.78. The standard InChI is InChI=1S/C14H20N2O/c1-9(2)12-6-4-5-10(3)13(12)16-14(17)15-11-7-8-11/h4-6,9,11H,7-8H2,1-3H3,(H2,15,16,17). The second-order valence-corrected chi connectivity index (χ2v) is 5.07. The van der Waals surface area contributed by atoms with Gasteiger partial charge in [-0.3, -0.25) is 0 Å². The minimum absolute atomic E-state index is 0.0799. The molecule has 0 bridgehead atoms. The smallest absolute Gasteiger partial charge is 0.319 e. The van der Waals surface area contributed by atoms with Gasteiger partial charge in [0.2, 0.25) is 0 Å². The average Bonchev–Trinajstić information content (AvgIpc) is 3.04. The Kier molecular flexibility index (Phi) is 3.36. The first-order valence-corrected chi connectivity index (χ1v) is 6.25. The van der Waals surface area contributed by atoms with Crippen molar-refractivity contribution in [2.45, 2.75) is 45.6 Å². The number of nitrogens with one attached hydrogen (secondary N) is 2. The van der Waals surface area contributed by atoms with E-state index in [1.54, 1.807) is 0 Å². The fourth-order valence-electron chi connectivity index (χ4n) is 1.91. The third kappa shape index (κ3) is 2.99. The van der Waals surface area contributed by atoms with Gasteiger partial charge < -0.3 is 10.6 Å². The van der Waals surface area contributed by atoms with Crippen LogP contribution in [0.5, 0.6) is 0 Å². The molecular weight excluding hydrogens is 212 g/mol. The van der Waals surface area contributed by atoms with Gasteiger partial charge in [-0.1, -0.05) is 32.0 Å². The van der Waals surface area contributed by atoms with E-state index in [-0.39, 0.29) is 6.03 Å². The van der Waals surface area contributed by atoms with Crippen molar-refractivity contribution in [3.63, 3.8) is 0 Å². The van der Waals surface area contributed by atoms with E-state index < -0.39 is 0 Å². The van der Waals surface area contributed by atoms with Crippen LogP contribution in [0.25, 0.3) is 0 Å². The first kappa shape index (κ1) is 12.0. The Morgan fingerprint density at radius 2 is 2.06 bits per heavy atom. The molecule has 0 atom stereocenters. The van der Waals surface area contributed by atoms with Crippen molar-refractivity contribution in [3.8, 4) is 0 Å². The lowest BCUT2D eigenvalue weighted by molar-refractivity contribution is 0.251. The Hall–Kier alpha value is -1.51. The number of urea groups is 1. The number of hydrogen-bond donors (Lipinski definition) is 2. The zero-order valence-corrected chi connectivity index (χ0v) is 10.7. The number of anilines is 1. The summed E-state index contributed by atoms with van der Waals surface area (Å²) in [6.07, 6.45) is 2.22. The van der Waals surface area contributed by atoms with Crippen molar-refractivity contribution in [2.24, 2.45) is 0 Å². The van der Waals surface area contributed by atoms with Gasteiger partial charge in [0.15, 0.2) is 0 Å². The van der Waals surface area contributed by atoms with Gasteiger partial charge in [-0.25, -0.2) is 4.79 Å². The molecule has 3 heteroatoms. The number of carbonyl (C=O) groups is 1. The van der Waals surface area contributed by atoms with E-state index in [1.807, 2.05) is 19.1 Å². The van der Waals surface area contributed by atoms with Crippen molar-refractivity contribution in [2.75, 3.05) is 5.32 Å². The van der Waals surface area contributed by atoms with Crippen molar-refractivity contribution in [3.05, 3.63) is 29.3 Å². The minimum Gasteiger partial charge on any atom is -0.335 e. The molecule has 1 aliphatic carbocycles. The summed E-state index contributed by atoms with van der Waals surface area (Å²) in [6, 6.07) is 6.45. The minimum atomic E-state index is -0.0799. The lowest BCUT2D eigenvalue weighted by Gasteiger charge is -2.16. The maximum atomic E-state index is 11.8. The molecule has 0 unspecified atom stereocenters. The monoisotopic (exact) mass is 232 g/mol. The summed E-state index contributed by atoms with van der Waals surface area (Å²) in [5.41, 5.74) is 3.26. The Morgan fingerprint density at radius 3 is 2.65 bits per heavy atom. The zero-order valence-electron chi connectivity index (χ0n) is 10.7. The van der Waals surface area contributed by atoms with E-state index in [1.165, 1.54) is 5.56 Å². The molecular formula is C14H20N2O. The molecule has 2 amide bonds. The number of hydrogen-bond acceptors (Lipinski definition) is 1. The maximum Gasteiger partial charge on any atom is 0.319 e. The topological polar surface area (TPSA) is 41.1 Å². The normalized spacial score (nSPS) is 14.8. The van der Waals surface area contributed by atoms with Crippen LogP contribution in [0.4, 0.5) is 10.5 Å². The van der Waals surface area contributed by atoms with E-state index in [0.717, 1.165) is 24.1 Å². The highest BCUT2D eigenvalue weighted by molar-refractivity contribution is 5.91. The van der Waals surface area contributed by atoms with E-state index >= 15 is 0 Å². The van der Waals surface area contributed by atoms with Crippen LogP contribution in [0, 0.1) is 6.92 Å². The Morgan fingerprint density at radius 1 is 1.35 bits per heavy atom. The van der Waals surface area contributed by atoms with Crippen LogP contribution in [0.2, 0.25) is 0 Å². The summed E-state index contributed by atoms with van der Waals surface area (Å²) in [6.45, 7) is 6.30. The molecule has 1 fully saturated rings. The highest BCUT2D eigenvalue weighted by Gasteiger charge is 2.23. The van der Waals surface area contributed by atoms with Crippen molar-refractivity contribution in [1.29, 1.82) is 0 Å². The van der Waals surface area contributed by atoms with Crippen molar-refractivity contribution < 1.29 is 4.79 Å². The number of para-hydroxylation sites is 1. The third-order valence-electron chi connectivity index (χ3n) is 3.08. The second-order valence-electron chi connectivity index (χ2n) is 5.07. The quantitative estimate of drug-likeness (QED) is 0.824. The summed E-state index contributed by atoms with van der Waals surface area (Å²) >= 11 is 0. The van der Waals surface area contributed by atoms with Gasteiger partial charge in [0.05, 0.1) is 0 Å². The molecule has 92 valence electrons. The molecule has 0 aliphatic heterocycles. The lowest BCUT2D eigenvalue weighted by atomic mass is 9.98. The van der Waals surface area contributed by atoms with Gasteiger partial charge >= 0.3 is 6.03 Å². The van der Waals surface area contributed by atoms with Gasteiger partial charge in [0.25, 0.3) is 0 Å². The Balaban J connectivity index is 2.14. The third-order valence-corrected chi connectivity index (χ3v) is 3.08. The lowest BCUT2D eigenvalue weighted by Crippen LogP contribution is -2.31. The molecule has 1 aromatic rings. The van der Waals surface area contributed by atoms with Gasteiger partial charge in [-0.2, -0.15) is 0 Å².